The summed E-state index contributed by atoms with van der Waals surface area (Å²) in [5, 5.41) is 6.85. The minimum Gasteiger partial charge on any atom is -0.385 e. The predicted molar refractivity (Wildman–Crippen MR) is 236 cm³/mol. The molecule has 6 N–H and O–H groups in total. The maximum absolute atomic E-state index is 12.2. The number of aryl methyl sites for hydroxylation is 1. The third-order valence-electron chi connectivity index (χ3n) is 7.94. The Morgan fingerprint density at radius 2 is 1.70 bits per heavy atom. The summed E-state index contributed by atoms with van der Waals surface area (Å²) in [6, 6.07) is 18.3. The average molecular weight is 812 g/mol. The lowest BCUT2D eigenvalue weighted by Crippen LogP contribution is -2.39. The van der Waals surface area contributed by atoms with Crippen molar-refractivity contribution in [3.63, 3.8) is 0 Å². The fourth-order valence-corrected chi connectivity index (χ4v) is 5.73. The second-order valence-electron chi connectivity index (χ2n) is 13.2. The van der Waals surface area contributed by atoms with Gasteiger partial charge in [-0.1, -0.05) is 82.2 Å². The number of carbonyl (C=O) groups excluding carboxylic acids is 4. The number of nitrogens with two attached hydrogens (primary N) is 1. The van der Waals surface area contributed by atoms with Crippen LogP contribution < -0.4 is 26.6 Å². The Morgan fingerprint density at radius 3 is 2.23 bits per heavy atom. The van der Waals surface area contributed by atoms with E-state index in [1.54, 1.807) is 25.1 Å². The van der Waals surface area contributed by atoms with Crippen molar-refractivity contribution in [1.29, 1.82) is 0 Å². The van der Waals surface area contributed by atoms with Crippen LogP contribution in [0.25, 0.3) is 10.9 Å². The van der Waals surface area contributed by atoms with E-state index in [4.69, 9.17) is 9.53 Å². The standard InChI is InChI=1S/C17H25N3O2.C8H14N2O2.C8H13NOS.C6H6.C3H8.CH3NO/c1-3-10-18-17-19-15-9-8-13(7-5-4-6-11-22-2)12-14(15)16(21)20-17;1-7-3-2-4-10(7)8(12)5-9-6-11;1-2-3-4-8(10)9-11-7-5-6-7;1-2-4-6-5-3-1;1-3-2;2-1-3/h8-9,12H,3-7,10-11H2,1-2H3,(H2,18,19,20,21);6-7H,2-5H2,1H3,(H,9,11);2,7H,1,3-6H2,(H,9,10);1-6H;3H2,1-2H3;1H,(H2,2,3). The summed E-state index contributed by atoms with van der Waals surface area (Å²) in [5.41, 5.74) is 6.02. The molecule has 1 unspecified atom stereocenters. The lowest BCUT2D eigenvalue weighted by atomic mass is 10.1. The molecule has 0 bridgehead atoms. The Morgan fingerprint density at radius 1 is 1.05 bits per heavy atom. The number of aromatic nitrogens is 2. The molecule has 318 valence electrons. The molecule has 1 aliphatic heterocycles. The molecule has 2 aromatic carbocycles. The Bertz CT molecular complexity index is 1530. The van der Waals surface area contributed by atoms with Crippen LogP contribution in [0.3, 0.4) is 0 Å². The van der Waals surface area contributed by atoms with Gasteiger partial charge in [0.15, 0.2) is 0 Å². The van der Waals surface area contributed by atoms with Crippen molar-refractivity contribution in [2.75, 3.05) is 38.7 Å². The number of allylic oxidation sites excluding steroid dienone is 1. The van der Waals surface area contributed by atoms with E-state index < -0.39 is 0 Å². The Kier molecular flexibility index (Phi) is 32.8. The Labute approximate surface area is 344 Å². The minimum atomic E-state index is -0.0789. The van der Waals surface area contributed by atoms with E-state index in [-0.39, 0.29) is 30.3 Å². The van der Waals surface area contributed by atoms with Crippen LogP contribution in [0.15, 0.2) is 72.0 Å². The summed E-state index contributed by atoms with van der Waals surface area (Å²) in [5.74, 6) is 0.695. The number of hydrogen-bond donors (Lipinski definition) is 5. The molecular weight excluding hydrogens is 743 g/mol. The van der Waals surface area contributed by atoms with Gasteiger partial charge in [0.05, 0.1) is 17.4 Å². The van der Waals surface area contributed by atoms with Crippen molar-refractivity contribution in [3.05, 3.63) is 83.2 Å². The zero-order chi connectivity index (χ0) is 42.5. The lowest BCUT2D eigenvalue weighted by molar-refractivity contribution is -0.131. The van der Waals surface area contributed by atoms with Crippen molar-refractivity contribution >= 4 is 53.4 Å². The van der Waals surface area contributed by atoms with Crippen LogP contribution in [0.1, 0.15) is 104 Å². The molecule has 2 aliphatic rings. The zero-order valence-corrected chi connectivity index (χ0v) is 35.7. The maximum atomic E-state index is 12.2. The number of aromatic amines is 1. The average Bonchev–Trinajstić information content (AvgIpc) is 3.96. The molecule has 3 aromatic rings. The van der Waals surface area contributed by atoms with Crippen LogP contribution in [0, 0.1) is 0 Å². The molecular formula is C43H69N7O6S. The summed E-state index contributed by atoms with van der Waals surface area (Å²) >= 11 is 1.57. The van der Waals surface area contributed by atoms with E-state index in [1.165, 1.54) is 24.8 Å². The van der Waals surface area contributed by atoms with Gasteiger partial charge in [-0.05, 0) is 94.4 Å². The van der Waals surface area contributed by atoms with Crippen LogP contribution in [0.4, 0.5) is 5.95 Å². The van der Waals surface area contributed by atoms with Crippen molar-refractivity contribution in [2.24, 2.45) is 5.73 Å². The van der Waals surface area contributed by atoms with Gasteiger partial charge in [-0.2, -0.15) is 0 Å². The van der Waals surface area contributed by atoms with Gasteiger partial charge in [0.25, 0.3) is 5.56 Å². The van der Waals surface area contributed by atoms with E-state index >= 15 is 0 Å². The summed E-state index contributed by atoms with van der Waals surface area (Å²) in [7, 11) is 1.73. The molecule has 0 spiro atoms. The molecule has 0 radical (unpaired) electrons. The van der Waals surface area contributed by atoms with E-state index in [0.29, 0.717) is 35.5 Å². The molecule has 5 rings (SSSR count). The molecule has 2 heterocycles. The van der Waals surface area contributed by atoms with Gasteiger partial charge < -0.3 is 26.0 Å². The summed E-state index contributed by atoms with van der Waals surface area (Å²) in [4.78, 5) is 62.0. The second kappa shape index (κ2) is 35.7. The largest absolute Gasteiger partial charge is 0.385 e. The summed E-state index contributed by atoms with van der Waals surface area (Å²) < 4.78 is 7.86. The lowest BCUT2D eigenvalue weighted by Gasteiger charge is -2.20. The molecule has 4 amide bonds. The van der Waals surface area contributed by atoms with Crippen molar-refractivity contribution in [1.82, 2.24) is 24.9 Å². The van der Waals surface area contributed by atoms with Crippen LogP contribution in [-0.2, 0) is 30.3 Å². The first-order chi connectivity index (χ1) is 27.6. The van der Waals surface area contributed by atoms with Gasteiger partial charge >= 0.3 is 0 Å². The summed E-state index contributed by atoms with van der Waals surface area (Å²) in [6.07, 6.45) is 15.1. The number of carbonyl (C=O) groups is 4. The van der Waals surface area contributed by atoms with Gasteiger partial charge in [0.2, 0.25) is 30.6 Å². The van der Waals surface area contributed by atoms with E-state index in [0.717, 1.165) is 76.6 Å². The van der Waals surface area contributed by atoms with Crippen molar-refractivity contribution in [3.8, 4) is 0 Å². The first kappa shape index (κ1) is 52.3. The number of benzene rings is 2. The van der Waals surface area contributed by atoms with E-state index in [2.05, 4.69) is 64.5 Å². The maximum Gasteiger partial charge on any atom is 0.260 e. The SMILES string of the molecule is C=CCCC(=O)NSC1CC1.CC1CCCN1C(=O)CNC=O.CCC.CCCNc1nc2ccc(CCCCCOC)cc2c(=O)[nH]1.NC=O.c1ccccc1. The number of nitrogens with zero attached hydrogens (tertiary/aromatic N) is 2. The number of H-pyrrole nitrogens is 1. The zero-order valence-electron chi connectivity index (χ0n) is 34.9. The molecule has 13 nitrogen and oxygen atoms in total. The molecule has 57 heavy (non-hydrogen) atoms. The highest BCUT2D eigenvalue weighted by atomic mass is 32.2. The molecule has 1 saturated heterocycles. The second-order valence-corrected chi connectivity index (χ2v) is 14.3. The first-order valence-electron chi connectivity index (χ1n) is 20.1. The fourth-order valence-electron chi connectivity index (χ4n) is 4.96. The molecule has 1 atom stereocenters. The quantitative estimate of drug-likeness (QED) is 0.0417. The van der Waals surface area contributed by atoms with Gasteiger partial charge in [-0.25, -0.2) is 4.98 Å². The Balaban J connectivity index is 0.000000759. The predicted octanol–water partition coefficient (Wildman–Crippen LogP) is 6.93. The molecule has 1 saturated carbocycles. The molecule has 1 aromatic heterocycles. The topological polar surface area (TPSA) is 189 Å². The van der Waals surface area contributed by atoms with Gasteiger partial charge in [0.1, 0.15) is 0 Å². The number of rotatable bonds is 17. The highest BCUT2D eigenvalue weighted by molar-refractivity contribution is 7.98. The highest BCUT2D eigenvalue weighted by Crippen LogP contribution is 2.31. The number of methoxy groups -OCH3 is 1. The minimum absolute atomic E-state index is 0.0205. The molecule has 14 heteroatoms. The smallest absolute Gasteiger partial charge is 0.260 e. The normalized spacial score (nSPS) is 13.4. The Hall–Kier alpha value is -4.69. The number of fused-ring (bicyclic) bond motifs is 1. The van der Waals surface area contributed by atoms with Gasteiger partial charge in [-0.3, -0.25) is 33.7 Å². The summed E-state index contributed by atoms with van der Waals surface area (Å²) in [6.45, 7) is 14.5. The third kappa shape index (κ3) is 27.5. The number of ether oxygens (including phenoxy) is 1. The molecule has 1 aliphatic carbocycles. The molecule has 2 fully saturated rings. The number of nitrogens with one attached hydrogen (secondary N) is 4. The number of likely N-dealkylation sites (tertiary alicyclic amines) is 1. The van der Waals surface area contributed by atoms with Gasteiger partial charge in [-0.15, -0.1) is 6.58 Å². The highest BCUT2D eigenvalue weighted by Gasteiger charge is 2.24. The first-order valence-corrected chi connectivity index (χ1v) is 21.0. The van der Waals surface area contributed by atoms with Crippen LogP contribution >= 0.6 is 11.9 Å². The van der Waals surface area contributed by atoms with Crippen molar-refractivity contribution in [2.45, 2.75) is 116 Å². The number of hydrogen-bond acceptors (Lipinski definition) is 9. The van der Waals surface area contributed by atoms with E-state index in [1.807, 2.05) is 60.4 Å². The number of amides is 4. The van der Waals surface area contributed by atoms with Crippen molar-refractivity contribution < 1.29 is 23.9 Å². The fraction of sp³-hybridized carbons (Fsp3) is 0.535. The third-order valence-corrected chi connectivity index (χ3v) is 9.09. The number of primary amides is 1. The van der Waals surface area contributed by atoms with Crippen LogP contribution in [0.2, 0.25) is 0 Å². The monoisotopic (exact) mass is 812 g/mol. The van der Waals surface area contributed by atoms with Crippen LogP contribution in [0.5, 0.6) is 0 Å². The number of unbranched alkanes of at least 4 members (excludes halogenated alkanes) is 2. The van der Waals surface area contributed by atoms with Gasteiger partial charge in [0, 0.05) is 44.5 Å². The van der Waals surface area contributed by atoms with Crippen LogP contribution in [-0.4, -0.2) is 84.1 Å². The van der Waals surface area contributed by atoms with E-state index in [9.17, 15) is 19.2 Å². The number of anilines is 1.